The fraction of sp³-hybridized carbons (Fsp3) is 0.955. The normalized spacial score (nSPS) is 11.1. The summed E-state index contributed by atoms with van der Waals surface area (Å²) in [5.74, 6) is -0.129. The summed E-state index contributed by atoms with van der Waals surface area (Å²) >= 11 is 3.29. The van der Waals surface area contributed by atoms with Crippen molar-refractivity contribution >= 4 is 21.9 Å². The predicted molar refractivity (Wildman–Crippen MR) is 121 cm³/mol. The molecule has 0 unspecified atom stereocenters. The van der Waals surface area contributed by atoms with Crippen LogP contribution in [0, 0.1) is 0 Å². The van der Waals surface area contributed by atoms with Gasteiger partial charge in [-0.25, -0.2) is 0 Å². The quantitative estimate of drug-likeness (QED) is 0.106. The average molecular weight is 499 g/mol. The first-order valence-corrected chi connectivity index (χ1v) is 12.5. The van der Waals surface area contributed by atoms with Crippen LogP contribution in [0.2, 0.25) is 0 Å². The van der Waals surface area contributed by atoms with E-state index in [-0.39, 0.29) is 5.97 Å². The van der Waals surface area contributed by atoms with E-state index >= 15 is 0 Å². The highest BCUT2D eigenvalue weighted by atomic mass is 79.9. The van der Waals surface area contributed by atoms with Gasteiger partial charge in [0.2, 0.25) is 0 Å². The van der Waals surface area contributed by atoms with E-state index in [9.17, 15) is 4.79 Å². The molecule has 0 N–H and O–H groups in total. The molecule has 0 saturated carbocycles. The van der Waals surface area contributed by atoms with Gasteiger partial charge in [-0.2, -0.15) is 0 Å². The number of hydrogen-bond donors (Lipinski definition) is 0. The summed E-state index contributed by atoms with van der Waals surface area (Å²) in [7, 11) is 0. The van der Waals surface area contributed by atoms with Crippen molar-refractivity contribution in [1.29, 1.82) is 0 Å². The molecule has 180 valence electrons. The Morgan fingerprint density at radius 1 is 0.567 bits per heavy atom. The maximum Gasteiger partial charge on any atom is 0.305 e. The number of rotatable bonds is 25. The minimum absolute atomic E-state index is 0.129. The van der Waals surface area contributed by atoms with Gasteiger partial charge in [0.15, 0.2) is 0 Å². The highest BCUT2D eigenvalue weighted by Crippen LogP contribution is 2.08. The molecule has 0 heterocycles. The first-order valence-electron chi connectivity index (χ1n) is 11.4. The SMILES string of the molecule is CCCCCCCCCC(=O)OCCOCCOCCOCCOCCOCCBr. The van der Waals surface area contributed by atoms with Crippen LogP contribution in [-0.2, 0) is 33.2 Å². The maximum absolute atomic E-state index is 11.6. The molecule has 0 fully saturated rings. The molecular weight excluding hydrogens is 456 g/mol. The van der Waals surface area contributed by atoms with Crippen LogP contribution < -0.4 is 0 Å². The van der Waals surface area contributed by atoms with Crippen molar-refractivity contribution in [1.82, 2.24) is 0 Å². The lowest BCUT2D eigenvalue weighted by Gasteiger charge is -2.08. The summed E-state index contributed by atoms with van der Waals surface area (Å²) in [5, 5.41) is 0.841. The highest BCUT2D eigenvalue weighted by molar-refractivity contribution is 9.09. The third-order valence-electron chi connectivity index (χ3n) is 4.18. The Kier molecular flexibility index (Phi) is 26.6. The number of halogens is 1. The van der Waals surface area contributed by atoms with Crippen molar-refractivity contribution in [3.63, 3.8) is 0 Å². The Hall–Kier alpha value is -0.250. The topological polar surface area (TPSA) is 72.5 Å². The van der Waals surface area contributed by atoms with Gasteiger partial charge in [-0.15, -0.1) is 0 Å². The van der Waals surface area contributed by atoms with Crippen LogP contribution in [0.4, 0.5) is 0 Å². The summed E-state index contributed by atoms with van der Waals surface area (Å²) in [5.41, 5.74) is 0. The second-order valence-corrected chi connectivity index (χ2v) is 7.64. The van der Waals surface area contributed by atoms with Crippen LogP contribution >= 0.6 is 15.9 Å². The van der Waals surface area contributed by atoms with Gasteiger partial charge in [-0.3, -0.25) is 4.79 Å². The number of hydrogen-bond acceptors (Lipinski definition) is 7. The van der Waals surface area contributed by atoms with Crippen molar-refractivity contribution in [2.45, 2.75) is 58.3 Å². The summed E-state index contributed by atoms with van der Waals surface area (Å²) in [4.78, 5) is 11.6. The minimum atomic E-state index is -0.129. The molecule has 7 nitrogen and oxygen atoms in total. The van der Waals surface area contributed by atoms with E-state index in [2.05, 4.69) is 22.9 Å². The molecule has 0 radical (unpaired) electrons. The Morgan fingerprint density at radius 3 is 1.43 bits per heavy atom. The molecule has 0 amide bonds. The molecule has 0 aliphatic carbocycles. The van der Waals surface area contributed by atoms with Gasteiger partial charge >= 0.3 is 5.97 Å². The molecule has 0 bridgehead atoms. The lowest BCUT2D eigenvalue weighted by Crippen LogP contribution is -2.15. The van der Waals surface area contributed by atoms with Crippen LogP contribution in [0.25, 0.3) is 0 Å². The lowest BCUT2D eigenvalue weighted by atomic mass is 10.1. The molecule has 0 aliphatic heterocycles. The van der Waals surface area contributed by atoms with Gasteiger partial charge in [0, 0.05) is 11.8 Å². The Bertz CT molecular complexity index is 345. The molecule has 30 heavy (non-hydrogen) atoms. The first-order chi connectivity index (χ1) is 14.8. The van der Waals surface area contributed by atoms with E-state index in [1.807, 2.05) is 0 Å². The third-order valence-corrected chi connectivity index (χ3v) is 4.51. The zero-order valence-electron chi connectivity index (χ0n) is 18.9. The molecule has 0 aromatic carbocycles. The second kappa shape index (κ2) is 26.8. The van der Waals surface area contributed by atoms with E-state index in [4.69, 9.17) is 28.4 Å². The Balaban J connectivity index is 3.11. The number of alkyl halides is 1. The summed E-state index contributed by atoms with van der Waals surface area (Å²) in [6.45, 7) is 7.93. The van der Waals surface area contributed by atoms with Gasteiger partial charge in [0.25, 0.3) is 0 Å². The number of ether oxygens (including phenoxy) is 6. The van der Waals surface area contributed by atoms with Gasteiger partial charge < -0.3 is 28.4 Å². The molecule has 0 spiro atoms. The molecule has 0 rings (SSSR count). The van der Waals surface area contributed by atoms with Crippen LogP contribution in [-0.4, -0.2) is 84.0 Å². The van der Waals surface area contributed by atoms with E-state index in [0.29, 0.717) is 79.1 Å². The van der Waals surface area contributed by atoms with E-state index in [1.165, 1.54) is 32.1 Å². The summed E-state index contributed by atoms with van der Waals surface area (Å²) < 4.78 is 32.0. The fourth-order valence-corrected chi connectivity index (χ4v) is 2.78. The largest absolute Gasteiger partial charge is 0.463 e. The van der Waals surface area contributed by atoms with Gasteiger partial charge in [0.1, 0.15) is 6.61 Å². The molecule has 8 heteroatoms. The molecular formula is C22H43BrO7. The van der Waals surface area contributed by atoms with Gasteiger partial charge in [0.05, 0.1) is 66.1 Å². The number of unbranched alkanes of at least 4 members (excludes halogenated alkanes) is 6. The van der Waals surface area contributed by atoms with Crippen molar-refractivity contribution in [2.75, 3.05) is 78.0 Å². The average Bonchev–Trinajstić information content (AvgIpc) is 2.75. The smallest absolute Gasteiger partial charge is 0.305 e. The zero-order valence-corrected chi connectivity index (χ0v) is 20.5. The monoisotopic (exact) mass is 498 g/mol. The molecule has 0 atom stereocenters. The third kappa shape index (κ3) is 25.8. The Labute approximate surface area is 191 Å². The Morgan fingerprint density at radius 2 is 0.967 bits per heavy atom. The van der Waals surface area contributed by atoms with E-state index in [1.54, 1.807) is 0 Å². The molecule has 0 saturated heterocycles. The molecule has 0 aromatic heterocycles. The molecule has 0 aliphatic rings. The fourth-order valence-electron chi connectivity index (χ4n) is 2.55. The molecule has 0 aromatic rings. The van der Waals surface area contributed by atoms with Crippen LogP contribution in [0.15, 0.2) is 0 Å². The van der Waals surface area contributed by atoms with Crippen molar-refractivity contribution in [2.24, 2.45) is 0 Å². The summed E-state index contributed by atoms with van der Waals surface area (Å²) in [6, 6.07) is 0. The summed E-state index contributed by atoms with van der Waals surface area (Å²) in [6.07, 6.45) is 8.89. The number of carbonyl (C=O) groups is 1. The predicted octanol–water partition coefficient (Wildman–Crippen LogP) is 4.15. The van der Waals surface area contributed by atoms with Gasteiger partial charge in [-0.05, 0) is 6.42 Å². The zero-order chi connectivity index (χ0) is 22.0. The number of esters is 1. The van der Waals surface area contributed by atoms with Gasteiger partial charge in [-0.1, -0.05) is 61.4 Å². The van der Waals surface area contributed by atoms with Crippen molar-refractivity contribution in [3.8, 4) is 0 Å². The van der Waals surface area contributed by atoms with Crippen molar-refractivity contribution < 1.29 is 33.2 Å². The van der Waals surface area contributed by atoms with E-state index < -0.39 is 0 Å². The van der Waals surface area contributed by atoms with Crippen LogP contribution in [0.5, 0.6) is 0 Å². The lowest BCUT2D eigenvalue weighted by molar-refractivity contribution is -0.145. The van der Waals surface area contributed by atoms with Crippen LogP contribution in [0.1, 0.15) is 58.3 Å². The van der Waals surface area contributed by atoms with E-state index in [0.717, 1.165) is 18.2 Å². The maximum atomic E-state index is 11.6. The standard InChI is InChI=1S/C22H43BrO7/c1-2-3-4-5-6-7-8-9-22(24)30-21-20-29-19-18-28-17-16-27-15-14-26-13-12-25-11-10-23/h2-21H2,1H3. The van der Waals surface area contributed by atoms with Crippen LogP contribution in [0.3, 0.4) is 0 Å². The number of carbonyl (C=O) groups excluding carboxylic acids is 1. The first kappa shape index (κ1) is 29.8. The highest BCUT2D eigenvalue weighted by Gasteiger charge is 2.02. The van der Waals surface area contributed by atoms with Crippen molar-refractivity contribution in [3.05, 3.63) is 0 Å². The second-order valence-electron chi connectivity index (χ2n) is 6.84. The minimum Gasteiger partial charge on any atom is -0.463 e.